The molecule has 25 heavy (non-hydrogen) atoms. The molecule has 2 N–H and O–H groups in total. The molecule has 0 aliphatic carbocycles. The zero-order chi connectivity index (χ0) is 18.2. The molecule has 0 fully saturated rings. The van der Waals surface area contributed by atoms with Gasteiger partial charge in [0.05, 0.1) is 17.2 Å². The molecule has 0 unspecified atom stereocenters. The molecule has 1 amide bonds. The fourth-order valence-electron chi connectivity index (χ4n) is 2.11. The van der Waals surface area contributed by atoms with E-state index in [2.05, 4.69) is 11.9 Å². The highest BCUT2D eigenvalue weighted by atomic mass is 32.1. The van der Waals surface area contributed by atoms with Crippen molar-refractivity contribution >= 4 is 17.2 Å². The summed E-state index contributed by atoms with van der Waals surface area (Å²) >= 11 is 1.36. The van der Waals surface area contributed by atoms with E-state index in [9.17, 15) is 9.90 Å². The third kappa shape index (κ3) is 5.36. The number of phenolic OH excluding ortho intramolecular Hbond substituents is 1. The van der Waals surface area contributed by atoms with Gasteiger partial charge in [-0.3, -0.25) is 4.79 Å². The summed E-state index contributed by atoms with van der Waals surface area (Å²) in [6.07, 6.45) is 5.12. The molecule has 2 aromatic rings. The maximum Gasteiger partial charge on any atom is 0.265 e. The summed E-state index contributed by atoms with van der Waals surface area (Å²) in [5.74, 6) is 0.758. The second-order valence-corrected chi connectivity index (χ2v) is 6.29. The molecule has 0 bridgehead atoms. The van der Waals surface area contributed by atoms with Crippen molar-refractivity contribution in [3.63, 3.8) is 0 Å². The Balaban J connectivity index is 2.11. The largest absolute Gasteiger partial charge is 0.508 e. The van der Waals surface area contributed by atoms with Crippen LogP contribution in [0.15, 0.2) is 72.7 Å². The lowest BCUT2D eigenvalue weighted by atomic mass is 10.2. The summed E-state index contributed by atoms with van der Waals surface area (Å²) in [5.41, 5.74) is 1.47. The fourth-order valence-corrected chi connectivity index (χ4v) is 3.01. The van der Waals surface area contributed by atoms with Crippen LogP contribution in [0.2, 0.25) is 0 Å². The van der Waals surface area contributed by atoms with Gasteiger partial charge >= 0.3 is 0 Å². The molecule has 5 heteroatoms. The molecule has 2 rings (SSSR count). The van der Waals surface area contributed by atoms with Gasteiger partial charge < -0.3 is 15.2 Å². The van der Waals surface area contributed by atoms with E-state index in [1.807, 2.05) is 26.0 Å². The number of nitrogens with one attached hydrogen (secondary N) is 1. The van der Waals surface area contributed by atoms with Gasteiger partial charge in [-0.05, 0) is 61.9 Å². The van der Waals surface area contributed by atoms with E-state index in [1.165, 1.54) is 11.3 Å². The third-order valence-electron chi connectivity index (χ3n) is 3.31. The molecule has 0 radical (unpaired) electrons. The van der Waals surface area contributed by atoms with E-state index in [4.69, 9.17) is 4.74 Å². The molecular formula is C20H21NO3S. The van der Waals surface area contributed by atoms with Crippen LogP contribution >= 0.6 is 11.3 Å². The number of thiophene rings is 1. The molecule has 0 aliphatic heterocycles. The summed E-state index contributed by atoms with van der Waals surface area (Å²) in [5, 5.41) is 12.4. The topological polar surface area (TPSA) is 58.6 Å². The van der Waals surface area contributed by atoms with Crippen molar-refractivity contribution < 1.29 is 14.6 Å². The standard InChI is InChI=1S/C20H21NO3S/c1-4-16(10-9-14(3)24-5-2)21-20(23)19-12-11-18(25-19)15-7-6-8-17(22)13-15/h4,6-13,22H,1,5H2,2-3H3,(H,21,23)/b14-9+,16-10+. The third-order valence-corrected chi connectivity index (χ3v) is 4.44. The number of rotatable bonds is 7. The van der Waals surface area contributed by atoms with Gasteiger partial charge in [-0.2, -0.15) is 0 Å². The van der Waals surface area contributed by atoms with Crippen LogP contribution in [-0.2, 0) is 4.74 Å². The van der Waals surface area contributed by atoms with Crippen molar-refractivity contribution in [2.24, 2.45) is 0 Å². The van der Waals surface area contributed by atoms with Gasteiger partial charge in [0.1, 0.15) is 5.75 Å². The van der Waals surface area contributed by atoms with Crippen LogP contribution in [0.4, 0.5) is 0 Å². The van der Waals surface area contributed by atoms with Crippen LogP contribution in [0.1, 0.15) is 23.5 Å². The second kappa shape index (κ2) is 8.89. The Morgan fingerprint density at radius 3 is 2.80 bits per heavy atom. The molecule has 130 valence electrons. The number of phenols is 1. The van der Waals surface area contributed by atoms with Gasteiger partial charge in [0.2, 0.25) is 0 Å². The minimum Gasteiger partial charge on any atom is -0.508 e. The van der Waals surface area contributed by atoms with Crippen LogP contribution in [-0.4, -0.2) is 17.6 Å². The van der Waals surface area contributed by atoms with Crippen LogP contribution in [0.3, 0.4) is 0 Å². The van der Waals surface area contributed by atoms with Crippen LogP contribution < -0.4 is 5.32 Å². The highest BCUT2D eigenvalue weighted by Gasteiger charge is 2.11. The molecule has 1 aromatic heterocycles. The number of ether oxygens (including phenoxy) is 1. The first-order valence-electron chi connectivity index (χ1n) is 7.88. The van der Waals surface area contributed by atoms with Gasteiger partial charge in [0.25, 0.3) is 5.91 Å². The summed E-state index contributed by atoms with van der Waals surface area (Å²) in [4.78, 5) is 13.9. The van der Waals surface area contributed by atoms with Crippen molar-refractivity contribution in [2.45, 2.75) is 13.8 Å². The smallest absolute Gasteiger partial charge is 0.265 e. The lowest BCUT2D eigenvalue weighted by Crippen LogP contribution is -2.20. The highest BCUT2D eigenvalue weighted by Crippen LogP contribution is 2.30. The molecule has 0 atom stereocenters. The number of benzene rings is 1. The molecule has 0 saturated carbocycles. The number of carbonyl (C=O) groups is 1. The first-order valence-corrected chi connectivity index (χ1v) is 8.69. The SMILES string of the molecule is C=C/C(=C\C=C(/C)OCC)NC(=O)c1ccc(-c2cccc(O)c2)s1. The zero-order valence-electron chi connectivity index (χ0n) is 14.3. The van der Waals surface area contributed by atoms with Crippen molar-refractivity contribution in [3.8, 4) is 16.2 Å². The number of carbonyl (C=O) groups excluding carboxylic acids is 1. The van der Waals surface area contributed by atoms with E-state index in [0.717, 1.165) is 16.2 Å². The van der Waals surface area contributed by atoms with Crippen molar-refractivity contribution in [3.05, 3.63) is 77.5 Å². The first-order chi connectivity index (χ1) is 12.0. The van der Waals surface area contributed by atoms with E-state index in [-0.39, 0.29) is 11.7 Å². The molecule has 1 heterocycles. The normalized spacial score (nSPS) is 11.9. The Morgan fingerprint density at radius 1 is 1.32 bits per heavy atom. The number of allylic oxidation sites excluding steroid dienone is 4. The average Bonchev–Trinajstić information content (AvgIpc) is 3.09. The van der Waals surface area contributed by atoms with Crippen LogP contribution in [0, 0.1) is 0 Å². The quantitative estimate of drug-likeness (QED) is 0.551. The number of hydrogen-bond donors (Lipinski definition) is 2. The van der Waals surface area contributed by atoms with E-state index in [0.29, 0.717) is 17.2 Å². The van der Waals surface area contributed by atoms with Gasteiger partial charge in [-0.15, -0.1) is 11.3 Å². The van der Waals surface area contributed by atoms with Crippen molar-refractivity contribution in [2.75, 3.05) is 6.61 Å². The molecule has 0 spiro atoms. The maximum atomic E-state index is 12.4. The lowest BCUT2D eigenvalue weighted by Gasteiger charge is -2.04. The zero-order valence-corrected chi connectivity index (χ0v) is 15.1. The molecule has 1 aromatic carbocycles. The Kier molecular flexibility index (Phi) is 6.60. The molecule has 0 aliphatic rings. The second-order valence-electron chi connectivity index (χ2n) is 5.20. The molecule has 0 saturated heterocycles. The lowest BCUT2D eigenvalue weighted by molar-refractivity contribution is 0.0971. The average molecular weight is 355 g/mol. The highest BCUT2D eigenvalue weighted by molar-refractivity contribution is 7.17. The van der Waals surface area contributed by atoms with Crippen molar-refractivity contribution in [1.29, 1.82) is 0 Å². The predicted octanol–water partition coefficient (Wildman–Crippen LogP) is 4.86. The van der Waals surface area contributed by atoms with Crippen LogP contribution in [0.5, 0.6) is 5.75 Å². The van der Waals surface area contributed by atoms with Gasteiger partial charge in [0.15, 0.2) is 0 Å². The summed E-state index contributed by atoms with van der Waals surface area (Å²) in [6, 6.07) is 10.6. The van der Waals surface area contributed by atoms with Gasteiger partial charge in [-0.25, -0.2) is 0 Å². The van der Waals surface area contributed by atoms with E-state index >= 15 is 0 Å². The van der Waals surface area contributed by atoms with Gasteiger partial charge in [0, 0.05) is 10.6 Å². The Hall–Kier alpha value is -2.79. The van der Waals surface area contributed by atoms with Crippen molar-refractivity contribution in [1.82, 2.24) is 5.32 Å². The molecular weight excluding hydrogens is 334 g/mol. The molecule has 4 nitrogen and oxygen atoms in total. The number of hydrogen-bond acceptors (Lipinski definition) is 4. The Labute approximate surface area is 151 Å². The summed E-state index contributed by atoms with van der Waals surface area (Å²) in [7, 11) is 0. The number of amides is 1. The van der Waals surface area contributed by atoms with E-state index in [1.54, 1.807) is 42.5 Å². The minimum atomic E-state index is -0.204. The minimum absolute atomic E-state index is 0.199. The van der Waals surface area contributed by atoms with Crippen LogP contribution in [0.25, 0.3) is 10.4 Å². The predicted molar refractivity (Wildman–Crippen MR) is 103 cm³/mol. The monoisotopic (exact) mass is 355 g/mol. The first kappa shape index (κ1) is 18.5. The fraction of sp³-hybridized carbons (Fsp3) is 0.150. The van der Waals surface area contributed by atoms with Gasteiger partial charge in [-0.1, -0.05) is 18.7 Å². The Bertz CT molecular complexity index is 818. The summed E-state index contributed by atoms with van der Waals surface area (Å²) in [6.45, 7) is 8.08. The maximum absolute atomic E-state index is 12.4. The Morgan fingerprint density at radius 2 is 2.12 bits per heavy atom. The van der Waals surface area contributed by atoms with E-state index < -0.39 is 0 Å². The number of aromatic hydroxyl groups is 1. The summed E-state index contributed by atoms with van der Waals surface area (Å²) < 4.78 is 5.34.